The predicted octanol–water partition coefficient (Wildman–Crippen LogP) is 0.552. The summed E-state index contributed by atoms with van der Waals surface area (Å²) in [5.74, 6) is 0.712. The Hall–Kier alpha value is -0.420. The monoisotopic (exact) mass is 233 g/mol. The zero-order chi connectivity index (χ0) is 11.5. The molecule has 0 unspecified atom stereocenters. The molecular formula is C10H19NO3S. The summed E-state index contributed by atoms with van der Waals surface area (Å²) in [4.78, 5) is 13.1. The fourth-order valence-electron chi connectivity index (χ4n) is 1.44. The third-order valence-electron chi connectivity index (χ3n) is 2.90. The molecule has 15 heavy (non-hydrogen) atoms. The first-order valence-electron chi connectivity index (χ1n) is 5.22. The number of carboxylic acid groups (broad SMARTS) is 1. The van der Waals surface area contributed by atoms with Crippen LogP contribution in [0.5, 0.6) is 0 Å². The number of carboxylic acids is 1. The smallest absolute Gasteiger partial charge is 0.309 e. The van der Waals surface area contributed by atoms with E-state index in [1.54, 1.807) is 13.8 Å². The van der Waals surface area contributed by atoms with Crippen molar-refractivity contribution in [2.45, 2.75) is 20.3 Å². The molecule has 0 aromatic rings. The Morgan fingerprint density at radius 1 is 1.40 bits per heavy atom. The molecule has 1 heterocycles. The second kappa shape index (κ2) is 5.07. The Labute approximate surface area is 93.1 Å². The van der Waals surface area contributed by atoms with Gasteiger partial charge in [-0.05, 0) is 26.8 Å². The van der Waals surface area contributed by atoms with E-state index in [4.69, 9.17) is 5.11 Å². The summed E-state index contributed by atoms with van der Waals surface area (Å²) in [5, 5.41) is 8.95. The van der Waals surface area contributed by atoms with Gasteiger partial charge in [0.05, 0.1) is 5.41 Å². The Balaban J connectivity index is 2.31. The second-order valence-electron chi connectivity index (χ2n) is 4.63. The van der Waals surface area contributed by atoms with Gasteiger partial charge in [-0.2, -0.15) is 0 Å². The van der Waals surface area contributed by atoms with Crippen LogP contribution in [0.25, 0.3) is 0 Å². The molecule has 4 nitrogen and oxygen atoms in total. The van der Waals surface area contributed by atoms with Crippen molar-refractivity contribution in [1.82, 2.24) is 4.90 Å². The van der Waals surface area contributed by atoms with Gasteiger partial charge in [-0.3, -0.25) is 9.00 Å². The first kappa shape index (κ1) is 12.6. The van der Waals surface area contributed by atoms with Crippen LogP contribution in [0.3, 0.4) is 0 Å². The maximum Gasteiger partial charge on any atom is 0.309 e. The minimum absolute atomic E-state index is 0.648. The van der Waals surface area contributed by atoms with Crippen LogP contribution in [-0.4, -0.2) is 51.3 Å². The lowest BCUT2D eigenvalue weighted by Gasteiger charge is -2.29. The molecule has 88 valence electrons. The summed E-state index contributed by atoms with van der Waals surface area (Å²) in [7, 11) is -0.652. The second-order valence-corrected chi connectivity index (χ2v) is 6.32. The summed E-state index contributed by atoms with van der Waals surface area (Å²) in [6.07, 6.45) is 0.648. The van der Waals surface area contributed by atoms with Gasteiger partial charge in [0.1, 0.15) is 0 Å². The molecule has 0 aromatic carbocycles. The van der Waals surface area contributed by atoms with Crippen molar-refractivity contribution in [3.05, 3.63) is 0 Å². The quantitative estimate of drug-likeness (QED) is 0.770. The van der Waals surface area contributed by atoms with E-state index in [9.17, 15) is 9.00 Å². The van der Waals surface area contributed by atoms with Gasteiger partial charge >= 0.3 is 5.97 Å². The molecule has 1 rings (SSSR count). The molecule has 0 spiro atoms. The van der Waals surface area contributed by atoms with Crippen LogP contribution in [-0.2, 0) is 15.6 Å². The van der Waals surface area contributed by atoms with Crippen molar-refractivity contribution in [3.63, 3.8) is 0 Å². The number of hydrogen-bond acceptors (Lipinski definition) is 3. The van der Waals surface area contributed by atoms with Gasteiger partial charge in [-0.15, -0.1) is 0 Å². The number of aliphatic carboxylic acids is 1. The molecule has 1 saturated heterocycles. The van der Waals surface area contributed by atoms with Gasteiger partial charge in [-0.1, -0.05) is 0 Å². The van der Waals surface area contributed by atoms with Gasteiger partial charge in [-0.25, -0.2) is 0 Å². The van der Waals surface area contributed by atoms with Crippen LogP contribution >= 0.6 is 0 Å². The molecule has 0 amide bonds. The highest BCUT2D eigenvalue weighted by atomic mass is 32.2. The highest BCUT2D eigenvalue weighted by molar-refractivity contribution is 7.85. The van der Waals surface area contributed by atoms with Gasteiger partial charge in [0, 0.05) is 35.4 Å². The van der Waals surface area contributed by atoms with E-state index in [1.165, 1.54) is 0 Å². The summed E-state index contributed by atoms with van der Waals surface area (Å²) >= 11 is 0. The lowest BCUT2D eigenvalue weighted by molar-refractivity contribution is -0.147. The normalized spacial score (nSPS) is 20.4. The van der Waals surface area contributed by atoms with E-state index in [-0.39, 0.29) is 0 Å². The SMILES string of the molecule is CC(C)(CCN1CCS(=O)CC1)C(=O)O. The maximum atomic E-state index is 11.1. The third kappa shape index (κ3) is 3.91. The minimum Gasteiger partial charge on any atom is -0.481 e. The van der Waals surface area contributed by atoms with E-state index in [0.717, 1.165) is 31.1 Å². The Kier molecular flexibility index (Phi) is 4.28. The fourth-order valence-corrected chi connectivity index (χ4v) is 2.57. The largest absolute Gasteiger partial charge is 0.481 e. The number of rotatable bonds is 4. The van der Waals surface area contributed by atoms with Gasteiger partial charge < -0.3 is 10.0 Å². The zero-order valence-corrected chi connectivity index (χ0v) is 10.2. The lowest BCUT2D eigenvalue weighted by Crippen LogP contribution is -2.40. The van der Waals surface area contributed by atoms with Crippen LogP contribution in [0.15, 0.2) is 0 Å². The Morgan fingerprint density at radius 3 is 2.40 bits per heavy atom. The molecule has 5 heteroatoms. The van der Waals surface area contributed by atoms with Gasteiger partial charge in [0.15, 0.2) is 0 Å². The van der Waals surface area contributed by atoms with Crippen molar-refractivity contribution < 1.29 is 14.1 Å². The van der Waals surface area contributed by atoms with E-state index < -0.39 is 22.2 Å². The standard InChI is InChI=1S/C10H19NO3S/c1-10(2,9(12)13)3-4-11-5-7-15(14)8-6-11/h3-8H2,1-2H3,(H,12,13). The number of hydrogen-bond donors (Lipinski definition) is 1. The molecule has 0 aromatic heterocycles. The molecule has 0 bridgehead atoms. The molecule has 1 aliphatic heterocycles. The van der Waals surface area contributed by atoms with E-state index in [1.807, 2.05) is 0 Å². The molecule has 1 N–H and O–H groups in total. The summed E-state index contributed by atoms with van der Waals surface area (Å²) in [6, 6.07) is 0. The van der Waals surface area contributed by atoms with Gasteiger partial charge in [0.25, 0.3) is 0 Å². The zero-order valence-electron chi connectivity index (χ0n) is 9.36. The van der Waals surface area contributed by atoms with Crippen molar-refractivity contribution >= 4 is 16.8 Å². The minimum atomic E-state index is -0.747. The summed E-state index contributed by atoms with van der Waals surface area (Å²) < 4.78 is 11.1. The highest BCUT2D eigenvalue weighted by Gasteiger charge is 2.28. The number of nitrogens with zero attached hydrogens (tertiary/aromatic N) is 1. The average Bonchev–Trinajstić information content (AvgIpc) is 2.17. The van der Waals surface area contributed by atoms with Crippen LogP contribution in [0, 0.1) is 5.41 Å². The Bertz CT molecular complexity index is 255. The van der Waals surface area contributed by atoms with Crippen molar-refractivity contribution in [3.8, 4) is 0 Å². The lowest BCUT2D eigenvalue weighted by atomic mass is 9.89. The topological polar surface area (TPSA) is 57.6 Å². The first-order chi connectivity index (χ1) is 6.92. The maximum absolute atomic E-state index is 11.1. The summed E-state index contributed by atoms with van der Waals surface area (Å²) in [6.45, 7) is 5.95. The molecule has 0 saturated carbocycles. The molecular weight excluding hydrogens is 214 g/mol. The van der Waals surface area contributed by atoms with Gasteiger partial charge in [0.2, 0.25) is 0 Å². The van der Waals surface area contributed by atoms with Crippen molar-refractivity contribution in [2.75, 3.05) is 31.1 Å². The highest BCUT2D eigenvalue weighted by Crippen LogP contribution is 2.21. The Morgan fingerprint density at radius 2 is 1.93 bits per heavy atom. The predicted molar refractivity (Wildman–Crippen MR) is 60.4 cm³/mol. The van der Waals surface area contributed by atoms with Crippen molar-refractivity contribution in [2.24, 2.45) is 5.41 Å². The summed E-state index contributed by atoms with van der Waals surface area (Å²) in [5.41, 5.74) is -0.656. The van der Waals surface area contributed by atoms with E-state index in [0.29, 0.717) is 6.42 Å². The first-order valence-corrected chi connectivity index (χ1v) is 6.71. The van der Waals surface area contributed by atoms with E-state index >= 15 is 0 Å². The van der Waals surface area contributed by atoms with Crippen LogP contribution in [0.2, 0.25) is 0 Å². The average molecular weight is 233 g/mol. The molecule has 0 aliphatic carbocycles. The van der Waals surface area contributed by atoms with E-state index in [2.05, 4.69) is 4.90 Å². The van der Waals surface area contributed by atoms with Crippen LogP contribution in [0.1, 0.15) is 20.3 Å². The van der Waals surface area contributed by atoms with Crippen LogP contribution in [0.4, 0.5) is 0 Å². The van der Waals surface area contributed by atoms with Crippen LogP contribution < -0.4 is 0 Å². The molecule has 1 aliphatic rings. The fraction of sp³-hybridized carbons (Fsp3) is 0.900. The number of carbonyl (C=O) groups is 1. The molecule has 1 fully saturated rings. The van der Waals surface area contributed by atoms with Crippen molar-refractivity contribution in [1.29, 1.82) is 0 Å². The third-order valence-corrected chi connectivity index (χ3v) is 4.18. The molecule has 0 atom stereocenters. The molecule has 0 radical (unpaired) electrons.